The molecule has 0 saturated carbocycles. The Labute approximate surface area is 106 Å². The Morgan fingerprint density at radius 1 is 1.41 bits per heavy atom. The third kappa shape index (κ3) is 3.63. The zero-order valence-corrected chi connectivity index (χ0v) is 10.6. The largest absolute Gasteiger partial charge is 0.314 e. The van der Waals surface area contributed by atoms with Gasteiger partial charge < -0.3 is 5.32 Å². The maximum Gasteiger partial charge on any atom is 0.127 e. The van der Waals surface area contributed by atoms with E-state index in [1.54, 1.807) is 0 Å². The fourth-order valence-electron chi connectivity index (χ4n) is 2.00. The Kier molecular flexibility index (Phi) is 5.31. The lowest BCUT2D eigenvalue weighted by Gasteiger charge is -2.33. The summed E-state index contributed by atoms with van der Waals surface area (Å²) in [7, 11) is 0. The Morgan fingerprint density at radius 3 is 2.88 bits per heavy atom. The minimum Gasteiger partial charge on any atom is -0.314 e. The van der Waals surface area contributed by atoms with Gasteiger partial charge in [0.2, 0.25) is 0 Å². The van der Waals surface area contributed by atoms with E-state index >= 15 is 0 Å². The van der Waals surface area contributed by atoms with Gasteiger partial charge in [0.1, 0.15) is 11.6 Å². The van der Waals surface area contributed by atoms with E-state index in [1.807, 2.05) is 0 Å². The number of hydrogen-bond acceptors (Lipinski definition) is 2. The number of benzene rings is 1. The topological polar surface area (TPSA) is 15.3 Å². The summed E-state index contributed by atoms with van der Waals surface area (Å²) in [5.74, 6) is -0.702. The zero-order chi connectivity index (χ0) is 11.5. The van der Waals surface area contributed by atoms with Gasteiger partial charge in [0.25, 0.3) is 0 Å². The van der Waals surface area contributed by atoms with E-state index in [0.29, 0.717) is 18.2 Å². The van der Waals surface area contributed by atoms with E-state index in [4.69, 9.17) is 0 Å². The van der Waals surface area contributed by atoms with Crippen LogP contribution in [0.3, 0.4) is 0 Å². The lowest BCUT2D eigenvalue weighted by molar-refractivity contribution is 0.163. The summed E-state index contributed by atoms with van der Waals surface area (Å²) in [6.45, 7) is 5.24. The Balaban J connectivity index is 0.00000144. The molecule has 1 saturated heterocycles. The van der Waals surface area contributed by atoms with Crippen molar-refractivity contribution in [3.8, 4) is 0 Å². The van der Waals surface area contributed by atoms with Crippen LogP contribution in [0.2, 0.25) is 0 Å². The third-order valence-electron chi connectivity index (χ3n) is 3.02. The molecule has 1 aromatic carbocycles. The summed E-state index contributed by atoms with van der Waals surface area (Å²) in [4.78, 5) is 2.16. The van der Waals surface area contributed by atoms with Gasteiger partial charge in [-0.3, -0.25) is 4.90 Å². The summed E-state index contributed by atoms with van der Waals surface area (Å²) < 4.78 is 26.4. The maximum absolute atomic E-state index is 13.4. The summed E-state index contributed by atoms with van der Waals surface area (Å²) in [5, 5.41) is 3.27. The standard InChI is InChI=1S/C12H16F2N2.ClH/c1-9-7-15-4-5-16(9)8-10-6-11(13)2-3-12(10)14;/h2-3,6,9,15H,4-5,7-8H2,1H3;1H/t9-;/m0./s1. The number of nitrogens with one attached hydrogen (secondary N) is 1. The highest BCUT2D eigenvalue weighted by atomic mass is 35.5. The van der Waals surface area contributed by atoms with Crippen LogP contribution in [-0.2, 0) is 6.54 Å². The van der Waals surface area contributed by atoms with Gasteiger partial charge in [-0.1, -0.05) is 0 Å². The number of piperazine rings is 1. The first kappa shape index (κ1) is 14.4. The van der Waals surface area contributed by atoms with Crippen LogP contribution in [0.5, 0.6) is 0 Å². The summed E-state index contributed by atoms with van der Waals surface area (Å²) >= 11 is 0. The second-order valence-corrected chi connectivity index (χ2v) is 4.26. The smallest absolute Gasteiger partial charge is 0.127 e. The van der Waals surface area contributed by atoms with Crippen LogP contribution in [0.4, 0.5) is 8.78 Å². The predicted molar refractivity (Wildman–Crippen MR) is 66.3 cm³/mol. The molecular formula is C12H17ClF2N2. The monoisotopic (exact) mass is 262 g/mol. The van der Waals surface area contributed by atoms with Gasteiger partial charge in [-0.25, -0.2) is 8.78 Å². The van der Waals surface area contributed by atoms with Crippen LogP contribution in [0.15, 0.2) is 18.2 Å². The van der Waals surface area contributed by atoms with Gasteiger partial charge in [0.15, 0.2) is 0 Å². The van der Waals surface area contributed by atoms with Gasteiger partial charge in [-0.15, -0.1) is 12.4 Å². The van der Waals surface area contributed by atoms with E-state index < -0.39 is 0 Å². The Hall–Kier alpha value is -0.710. The van der Waals surface area contributed by atoms with Crippen molar-refractivity contribution in [2.75, 3.05) is 19.6 Å². The molecule has 96 valence electrons. The van der Waals surface area contributed by atoms with E-state index in [2.05, 4.69) is 17.1 Å². The van der Waals surface area contributed by atoms with Gasteiger partial charge in [-0.05, 0) is 25.1 Å². The molecule has 0 spiro atoms. The van der Waals surface area contributed by atoms with E-state index in [9.17, 15) is 8.78 Å². The van der Waals surface area contributed by atoms with Gasteiger partial charge in [0.05, 0.1) is 0 Å². The van der Waals surface area contributed by atoms with Gasteiger partial charge in [-0.2, -0.15) is 0 Å². The van der Waals surface area contributed by atoms with Crippen molar-refractivity contribution in [2.45, 2.75) is 19.5 Å². The summed E-state index contributed by atoms with van der Waals surface area (Å²) in [6, 6.07) is 3.98. The summed E-state index contributed by atoms with van der Waals surface area (Å²) in [5.41, 5.74) is 0.439. The molecular weight excluding hydrogens is 246 g/mol. The second kappa shape index (κ2) is 6.28. The van der Waals surface area contributed by atoms with Crippen LogP contribution in [-0.4, -0.2) is 30.6 Å². The molecule has 1 N–H and O–H groups in total. The lowest BCUT2D eigenvalue weighted by atomic mass is 10.1. The quantitative estimate of drug-likeness (QED) is 0.879. The number of halogens is 3. The number of hydrogen-bond donors (Lipinski definition) is 1. The molecule has 2 rings (SSSR count). The molecule has 0 bridgehead atoms. The van der Waals surface area contributed by atoms with Crippen LogP contribution in [0, 0.1) is 11.6 Å². The van der Waals surface area contributed by atoms with E-state index in [0.717, 1.165) is 25.7 Å². The first-order valence-corrected chi connectivity index (χ1v) is 5.55. The minimum atomic E-state index is -0.376. The van der Waals surface area contributed by atoms with Crippen LogP contribution in [0.25, 0.3) is 0 Å². The van der Waals surface area contributed by atoms with Gasteiger partial charge >= 0.3 is 0 Å². The zero-order valence-electron chi connectivity index (χ0n) is 9.75. The molecule has 0 amide bonds. The molecule has 1 heterocycles. The lowest BCUT2D eigenvalue weighted by Crippen LogP contribution is -2.49. The van der Waals surface area contributed by atoms with Crippen molar-refractivity contribution >= 4 is 12.4 Å². The highest BCUT2D eigenvalue weighted by Gasteiger charge is 2.19. The van der Waals surface area contributed by atoms with Crippen molar-refractivity contribution < 1.29 is 8.78 Å². The highest BCUT2D eigenvalue weighted by molar-refractivity contribution is 5.85. The predicted octanol–water partition coefficient (Wildman–Crippen LogP) is 2.18. The van der Waals surface area contributed by atoms with E-state index in [1.165, 1.54) is 12.1 Å². The van der Waals surface area contributed by atoms with Crippen molar-refractivity contribution in [1.82, 2.24) is 10.2 Å². The Morgan fingerprint density at radius 2 is 2.18 bits per heavy atom. The minimum absolute atomic E-state index is 0. The molecule has 2 nitrogen and oxygen atoms in total. The molecule has 1 fully saturated rings. The van der Waals surface area contributed by atoms with E-state index in [-0.39, 0.29) is 24.0 Å². The molecule has 5 heteroatoms. The Bertz CT molecular complexity index is 374. The first-order valence-electron chi connectivity index (χ1n) is 5.55. The average molecular weight is 263 g/mol. The summed E-state index contributed by atoms with van der Waals surface area (Å²) in [6.07, 6.45) is 0. The molecule has 1 aliphatic heterocycles. The molecule has 1 atom stereocenters. The second-order valence-electron chi connectivity index (χ2n) is 4.26. The molecule has 0 radical (unpaired) electrons. The fourth-order valence-corrected chi connectivity index (χ4v) is 2.00. The van der Waals surface area contributed by atoms with Gasteiger partial charge in [0, 0.05) is 37.8 Å². The molecule has 0 aliphatic carbocycles. The normalized spacial score (nSPS) is 21.0. The number of rotatable bonds is 2. The molecule has 1 aromatic rings. The molecule has 0 aromatic heterocycles. The first-order chi connectivity index (χ1) is 7.66. The average Bonchev–Trinajstić information content (AvgIpc) is 2.27. The van der Waals surface area contributed by atoms with Crippen molar-refractivity contribution in [1.29, 1.82) is 0 Å². The molecule has 1 aliphatic rings. The molecule has 0 unspecified atom stereocenters. The van der Waals surface area contributed by atoms with Crippen molar-refractivity contribution in [3.63, 3.8) is 0 Å². The molecule has 17 heavy (non-hydrogen) atoms. The van der Waals surface area contributed by atoms with Crippen molar-refractivity contribution in [2.24, 2.45) is 0 Å². The SMILES string of the molecule is C[C@H]1CNCCN1Cc1cc(F)ccc1F.Cl. The van der Waals surface area contributed by atoms with Crippen LogP contribution < -0.4 is 5.32 Å². The fraction of sp³-hybridized carbons (Fsp3) is 0.500. The number of nitrogens with zero attached hydrogens (tertiary/aromatic N) is 1. The van der Waals surface area contributed by atoms with Crippen LogP contribution >= 0.6 is 12.4 Å². The third-order valence-corrected chi connectivity index (χ3v) is 3.02. The van der Waals surface area contributed by atoms with Crippen molar-refractivity contribution in [3.05, 3.63) is 35.4 Å². The highest BCUT2D eigenvalue weighted by Crippen LogP contribution is 2.14. The maximum atomic E-state index is 13.4. The van der Waals surface area contributed by atoms with Crippen LogP contribution in [0.1, 0.15) is 12.5 Å².